The molecule has 2 heterocycles. The second-order valence-electron chi connectivity index (χ2n) is 3.96. The van der Waals surface area contributed by atoms with E-state index in [-0.39, 0.29) is 17.4 Å². The average Bonchev–Trinajstić information content (AvgIpc) is 3.05. The maximum Gasteiger partial charge on any atom is 0.371 e. The highest BCUT2D eigenvalue weighted by Gasteiger charge is 2.18. The molecular weight excluding hydrogens is 250 g/mol. The molecule has 2 rings (SSSR count). The minimum Gasteiger partial charge on any atom is -0.475 e. The summed E-state index contributed by atoms with van der Waals surface area (Å²) < 4.78 is 6.65. The molecule has 0 bridgehead atoms. The maximum atomic E-state index is 11.9. The van der Waals surface area contributed by atoms with E-state index >= 15 is 0 Å². The number of carboxylic acid groups (broad SMARTS) is 1. The number of hydrogen-bond donors (Lipinski definition) is 1. The highest BCUT2D eigenvalue weighted by molar-refractivity contribution is 5.93. The Labute approximate surface area is 109 Å². The standard InChI is InChI=1S/C12H13N3O4/c1-14(7-8-15-6-2-5-13-15)11(16)9-3-4-10(19-9)12(17)18/h2-6H,7-8H2,1H3,(H,17,18). The molecule has 0 atom stereocenters. The van der Waals surface area contributed by atoms with Crippen molar-refractivity contribution < 1.29 is 19.1 Å². The van der Waals surface area contributed by atoms with Gasteiger partial charge in [-0.2, -0.15) is 5.10 Å². The zero-order chi connectivity index (χ0) is 13.8. The van der Waals surface area contributed by atoms with Gasteiger partial charge in [0.2, 0.25) is 5.76 Å². The van der Waals surface area contributed by atoms with E-state index in [9.17, 15) is 9.59 Å². The number of carbonyl (C=O) groups is 2. The van der Waals surface area contributed by atoms with E-state index in [0.717, 1.165) is 0 Å². The summed E-state index contributed by atoms with van der Waals surface area (Å²) in [5.41, 5.74) is 0. The van der Waals surface area contributed by atoms with Gasteiger partial charge >= 0.3 is 5.97 Å². The Bertz CT molecular complexity index is 574. The lowest BCUT2D eigenvalue weighted by atomic mass is 10.4. The van der Waals surface area contributed by atoms with Crippen molar-refractivity contribution in [1.29, 1.82) is 0 Å². The highest BCUT2D eigenvalue weighted by atomic mass is 16.4. The summed E-state index contributed by atoms with van der Waals surface area (Å²) in [5.74, 6) is -1.79. The Balaban J connectivity index is 1.96. The van der Waals surface area contributed by atoms with Crippen molar-refractivity contribution in [3.05, 3.63) is 42.1 Å². The average molecular weight is 263 g/mol. The van der Waals surface area contributed by atoms with Crippen LogP contribution < -0.4 is 0 Å². The van der Waals surface area contributed by atoms with Crippen molar-refractivity contribution in [3.63, 3.8) is 0 Å². The molecule has 100 valence electrons. The van der Waals surface area contributed by atoms with Crippen molar-refractivity contribution in [3.8, 4) is 0 Å². The van der Waals surface area contributed by atoms with Gasteiger partial charge in [0.15, 0.2) is 5.76 Å². The van der Waals surface area contributed by atoms with E-state index in [0.29, 0.717) is 13.1 Å². The fourth-order valence-corrected chi connectivity index (χ4v) is 1.54. The number of aromatic nitrogens is 2. The van der Waals surface area contributed by atoms with Crippen LogP contribution in [0.2, 0.25) is 0 Å². The fourth-order valence-electron chi connectivity index (χ4n) is 1.54. The van der Waals surface area contributed by atoms with Crippen LogP contribution in [0.15, 0.2) is 35.0 Å². The molecule has 0 radical (unpaired) electrons. The fraction of sp³-hybridized carbons (Fsp3) is 0.250. The zero-order valence-electron chi connectivity index (χ0n) is 10.3. The number of carbonyl (C=O) groups excluding carboxylic acids is 1. The normalized spacial score (nSPS) is 10.4. The van der Waals surface area contributed by atoms with Crippen molar-refractivity contribution in [2.24, 2.45) is 0 Å². The van der Waals surface area contributed by atoms with E-state index in [1.54, 1.807) is 30.2 Å². The summed E-state index contributed by atoms with van der Waals surface area (Å²) in [6.07, 6.45) is 3.46. The third-order valence-corrected chi connectivity index (χ3v) is 2.60. The largest absolute Gasteiger partial charge is 0.475 e. The zero-order valence-corrected chi connectivity index (χ0v) is 10.3. The summed E-state index contributed by atoms with van der Waals surface area (Å²) in [6, 6.07) is 4.42. The van der Waals surface area contributed by atoms with Crippen molar-refractivity contribution >= 4 is 11.9 Å². The number of carboxylic acids is 1. The Morgan fingerprint density at radius 1 is 1.42 bits per heavy atom. The monoisotopic (exact) mass is 263 g/mol. The van der Waals surface area contributed by atoms with Crippen LogP contribution in [0.3, 0.4) is 0 Å². The predicted octanol–water partition coefficient (Wildman–Crippen LogP) is 0.947. The summed E-state index contributed by atoms with van der Waals surface area (Å²) in [7, 11) is 1.62. The van der Waals surface area contributed by atoms with Crippen LogP contribution in [0.25, 0.3) is 0 Å². The first kappa shape index (κ1) is 12.9. The molecule has 2 aromatic heterocycles. The molecule has 0 unspecified atom stereocenters. The van der Waals surface area contributed by atoms with E-state index in [2.05, 4.69) is 5.10 Å². The van der Waals surface area contributed by atoms with Crippen LogP contribution in [-0.4, -0.2) is 45.3 Å². The Morgan fingerprint density at radius 2 is 2.16 bits per heavy atom. The number of amides is 1. The molecule has 1 N–H and O–H groups in total. The third kappa shape index (κ3) is 3.01. The molecule has 19 heavy (non-hydrogen) atoms. The lowest BCUT2D eigenvalue weighted by molar-refractivity contribution is 0.0653. The van der Waals surface area contributed by atoms with Crippen LogP contribution >= 0.6 is 0 Å². The molecule has 7 heteroatoms. The van der Waals surface area contributed by atoms with Gasteiger partial charge in [0, 0.05) is 26.0 Å². The SMILES string of the molecule is CN(CCn1cccn1)C(=O)c1ccc(C(=O)O)o1. The van der Waals surface area contributed by atoms with Crippen LogP contribution in [0.4, 0.5) is 0 Å². The van der Waals surface area contributed by atoms with Crippen molar-refractivity contribution in [2.75, 3.05) is 13.6 Å². The van der Waals surface area contributed by atoms with Crippen LogP contribution in [-0.2, 0) is 6.54 Å². The van der Waals surface area contributed by atoms with E-state index in [1.807, 2.05) is 0 Å². The van der Waals surface area contributed by atoms with Crippen LogP contribution in [0.5, 0.6) is 0 Å². The smallest absolute Gasteiger partial charge is 0.371 e. The van der Waals surface area contributed by atoms with Crippen molar-refractivity contribution in [1.82, 2.24) is 14.7 Å². The number of likely N-dealkylation sites (N-methyl/N-ethyl adjacent to an activating group) is 1. The van der Waals surface area contributed by atoms with Crippen LogP contribution in [0.1, 0.15) is 21.1 Å². The topological polar surface area (TPSA) is 88.6 Å². The number of rotatable bonds is 5. The molecule has 0 saturated carbocycles. The van der Waals surface area contributed by atoms with Gasteiger partial charge in [0.25, 0.3) is 5.91 Å². The quantitative estimate of drug-likeness (QED) is 0.867. The molecule has 0 spiro atoms. The number of nitrogens with zero attached hydrogens (tertiary/aromatic N) is 3. The van der Waals surface area contributed by atoms with E-state index < -0.39 is 5.97 Å². The van der Waals surface area contributed by atoms with Crippen molar-refractivity contribution in [2.45, 2.75) is 6.54 Å². The van der Waals surface area contributed by atoms with Crippen LogP contribution in [0, 0.1) is 0 Å². The number of aromatic carboxylic acids is 1. The van der Waals surface area contributed by atoms with Gasteiger partial charge in [-0.05, 0) is 18.2 Å². The van der Waals surface area contributed by atoms with Gasteiger partial charge < -0.3 is 14.4 Å². The maximum absolute atomic E-state index is 11.9. The predicted molar refractivity (Wildman–Crippen MR) is 64.9 cm³/mol. The van der Waals surface area contributed by atoms with E-state index in [1.165, 1.54) is 17.0 Å². The van der Waals surface area contributed by atoms with Gasteiger partial charge in [-0.15, -0.1) is 0 Å². The molecule has 0 aliphatic carbocycles. The molecule has 0 aromatic carbocycles. The first-order chi connectivity index (χ1) is 9.08. The summed E-state index contributed by atoms with van der Waals surface area (Å²) in [4.78, 5) is 24.1. The molecular formula is C12H13N3O4. The Kier molecular flexibility index (Phi) is 3.65. The summed E-state index contributed by atoms with van der Waals surface area (Å²) in [5, 5.41) is 12.7. The van der Waals surface area contributed by atoms with Gasteiger partial charge in [-0.3, -0.25) is 9.48 Å². The Morgan fingerprint density at radius 3 is 2.74 bits per heavy atom. The molecule has 0 saturated heterocycles. The molecule has 0 fully saturated rings. The van der Waals surface area contributed by atoms with Gasteiger partial charge in [-0.1, -0.05) is 0 Å². The third-order valence-electron chi connectivity index (χ3n) is 2.60. The minimum absolute atomic E-state index is 0.0142. The molecule has 0 aliphatic heterocycles. The second-order valence-corrected chi connectivity index (χ2v) is 3.96. The highest BCUT2D eigenvalue weighted by Crippen LogP contribution is 2.10. The summed E-state index contributed by atoms with van der Waals surface area (Å²) in [6.45, 7) is 1.01. The molecule has 7 nitrogen and oxygen atoms in total. The molecule has 0 aliphatic rings. The lowest BCUT2D eigenvalue weighted by Gasteiger charge is -2.15. The number of hydrogen-bond acceptors (Lipinski definition) is 4. The van der Waals surface area contributed by atoms with Gasteiger partial charge in [-0.25, -0.2) is 4.79 Å². The number of furan rings is 1. The summed E-state index contributed by atoms with van der Waals surface area (Å²) >= 11 is 0. The van der Waals surface area contributed by atoms with Gasteiger partial charge in [0.05, 0.1) is 6.54 Å². The minimum atomic E-state index is -1.20. The van der Waals surface area contributed by atoms with Gasteiger partial charge in [0.1, 0.15) is 0 Å². The first-order valence-electron chi connectivity index (χ1n) is 5.64. The van der Waals surface area contributed by atoms with E-state index in [4.69, 9.17) is 9.52 Å². The first-order valence-corrected chi connectivity index (χ1v) is 5.64. The molecule has 1 amide bonds. The lowest BCUT2D eigenvalue weighted by Crippen LogP contribution is -2.29. The Hall–Kier alpha value is -2.57. The molecule has 2 aromatic rings. The second kappa shape index (κ2) is 5.38.